The first-order valence-corrected chi connectivity index (χ1v) is 5.89. The molecule has 19 heavy (non-hydrogen) atoms. The Bertz CT molecular complexity index is 781. The smallest absolute Gasteiger partial charge is 0.244 e. The molecule has 0 amide bonds. The van der Waals surface area contributed by atoms with Crippen LogP contribution in [0.15, 0.2) is 42.6 Å². The molecule has 0 fully saturated rings. The second-order valence-corrected chi connectivity index (χ2v) is 4.52. The highest BCUT2D eigenvalue weighted by atomic mass is 35.5. The molecule has 2 aromatic carbocycles. The zero-order valence-corrected chi connectivity index (χ0v) is 10.3. The van der Waals surface area contributed by atoms with Gasteiger partial charge >= 0.3 is 6.18 Å². The van der Waals surface area contributed by atoms with E-state index < -0.39 is 11.7 Å². The first kappa shape index (κ1) is 12.2. The molecular formula is C14H7ClF3N. The molecule has 3 aromatic rings. The van der Waals surface area contributed by atoms with Crippen molar-refractivity contribution in [2.45, 2.75) is 6.18 Å². The second kappa shape index (κ2) is 4.10. The van der Waals surface area contributed by atoms with Gasteiger partial charge in [0.15, 0.2) is 0 Å². The SMILES string of the molecule is FC(F)(F)c1cccc2c1ccc1c(Cl)nccc12. The van der Waals surface area contributed by atoms with E-state index in [0.717, 1.165) is 6.07 Å². The molecule has 0 unspecified atom stereocenters. The molecule has 0 aliphatic heterocycles. The quantitative estimate of drug-likeness (QED) is 0.414. The zero-order valence-electron chi connectivity index (χ0n) is 9.50. The summed E-state index contributed by atoms with van der Waals surface area (Å²) in [4.78, 5) is 3.93. The van der Waals surface area contributed by atoms with Crippen LogP contribution in [-0.4, -0.2) is 4.98 Å². The minimum atomic E-state index is -4.37. The monoisotopic (exact) mass is 281 g/mol. The van der Waals surface area contributed by atoms with Gasteiger partial charge in [0.25, 0.3) is 0 Å². The molecule has 0 saturated heterocycles. The van der Waals surface area contributed by atoms with Gasteiger partial charge in [-0.15, -0.1) is 0 Å². The number of rotatable bonds is 0. The van der Waals surface area contributed by atoms with Gasteiger partial charge < -0.3 is 0 Å². The van der Waals surface area contributed by atoms with Gasteiger partial charge in [-0.05, 0) is 28.3 Å². The maximum absolute atomic E-state index is 13.0. The van der Waals surface area contributed by atoms with Crippen molar-refractivity contribution >= 4 is 33.1 Å². The van der Waals surface area contributed by atoms with E-state index in [1.165, 1.54) is 18.3 Å². The summed E-state index contributed by atoms with van der Waals surface area (Å²) in [5.41, 5.74) is -0.639. The molecule has 1 heterocycles. The van der Waals surface area contributed by atoms with E-state index in [2.05, 4.69) is 4.98 Å². The minimum Gasteiger partial charge on any atom is -0.244 e. The van der Waals surface area contributed by atoms with Gasteiger partial charge in [0.2, 0.25) is 0 Å². The van der Waals surface area contributed by atoms with Crippen molar-refractivity contribution in [3.8, 4) is 0 Å². The summed E-state index contributed by atoms with van der Waals surface area (Å²) in [6, 6.07) is 8.82. The fraction of sp³-hybridized carbons (Fsp3) is 0.0714. The van der Waals surface area contributed by atoms with Crippen molar-refractivity contribution < 1.29 is 13.2 Å². The lowest BCUT2D eigenvalue weighted by Crippen LogP contribution is -2.05. The fourth-order valence-electron chi connectivity index (χ4n) is 2.23. The number of hydrogen-bond acceptors (Lipinski definition) is 1. The van der Waals surface area contributed by atoms with Crippen molar-refractivity contribution in [3.63, 3.8) is 0 Å². The molecule has 0 N–H and O–H groups in total. The summed E-state index contributed by atoms with van der Waals surface area (Å²) in [7, 11) is 0. The zero-order chi connectivity index (χ0) is 13.6. The van der Waals surface area contributed by atoms with Crippen LogP contribution in [0.4, 0.5) is 13.2 Å². The number of pyridine rings is 1. The van der Waals surface area contributed by atoms with Crippen LogP contribution in [0.2, 0.25) is 5.15 Å². The van der Waals surface area contributed by atoms with Gasteiger partial charge in [-0.3, -0.25) is 0 Å². The predicted octanol–water partition coefficient (Wildman–Crippen LogP) is 5.06. The first-order valence-electron chi connectivity index (χ1n) is 5.51. The van der Waals surface area contributed by atoms with Crippen molar-refractivity contribution in [1.82, 2.24) is 4.98 Å². The summed E-state index contributed by atoms with van der Waals surface area (Å²) < 4.78 is 38.9. The predicted molar refractivity (Wildman–Crippen MR) is 69.3 cm³/mol. The Kier molecular flexibility index (Phi) is 2.64. The first-order chi connectivity index (χ1) is 8.98. The normalized spacial score (nSPS) is 12.2. The third-order valence-corrected chi connectivity index (χ3v) is 3.36. The van der Waals surface area contributed by atoms with Crippen LogP contribution in [0, 0.1) is 0 Å². The van der Waals surface area contributed by atoms with E-state index in [9.17, 15) is 13.2 Å². The molecule has 1 nitrogen and oxygen atoms in total. The Morgan fingerprint density at radius 3 is 2.26 bits per heavy atom. The number of nitrogens with zero attached hydrogens (tertiary/aromatic N) is 1. The molecule has 5 heteroatoms. The summed E-state index contributed by atoms with van der Waals surface area (Å²) in [6.07, 6.45) is -2.88. The molecule has 0 spiro atoms. The number of aromatic nitrogens is 1. The van der Waals surface area contributed by atoms with Gasteiger partial charge in [-0.2, -0.15) is 13.2 Å². The van der Waals surface area contributed by atoms with Gasteiger partial charge in [-0.1, -0.05) is 35.9 Å². The van der Waals surface area contributed by atoms with Gasteiger partial charge in [0.1, 0.15) is 5.15 Å². The minimum absolute atomic E-state index is 0.171. The molecule has 3 rings (SSSR count). The number of hydrogen-bond donors (Lipinski definition) is 0. The van der Waals surface area contributed by atoms with E-state index in [1.54, 1.807) is 18.2 Å². The van der Waals surface area contributed by atoms with E-state index in [1.807, 2.05) is 0 Å². The van der Waals surface area contributed by atoms with Crippen LogP contribution in [-0.2, 0) is 6.18 Å². The Morgan fingerprint density at radius 1 is 0.842 bits per heavy atom. The van der Waals surface area contributed by atoms with Crippen LogP contribution in [0.5, 0.6) is 0 Å². The Hall–Kier alpha value is -1.81. The van der Waals surface area contributed by atoms with Gasteiger partial charge in [-0.25, -0.2) is 4.98 Å². The molecular weight excluding hydrogens is 275 g/mol. The third kappa shape index (κ3) is 1.92. The molecule has 0 radical (unpaired) electrons. The largest absolute Gasteiger partial charge is 0.417 e. The van der Waals surface area contributed by atoms with Gasteiger partial charge in [0, 0.05) is 11.6 Å². The van der Waals surface area contributed by atoms with E-state index in [0.29, 0.717) is 16.2 Å². The highest BCUT2D eigenvalue weighted by molar-refractivity contribution is 6.35. The van der Waals surface area contributed by atoms with E-state index in [-0.39, 0.29) is 10.5 Å². The number of halogens is 4. The van der Waals surface area contributed by atoms with Crippen molar-refractivity contribution in [1.29, 1.82) is 0 Å². The van der Waals surface area contributed by atoms with Crippen molar-refractivity contribution in [2.75, 3.05) is 0 Å². The Labute approximate surface area is 111 Å². The molecule has 0 bridgehead atoms. The second-order valence-electron chi connectivity index (χ2n) is 4.16. The average molecular weight is 282 g/mol. The van der Waals surface area contributed by atoms with E-state index in [4.69, 9.17) is 11.6 Å². The summed E-state index contributed by atoms with van der Waals surface area (Å²) in [6.45, 7) is 0. The summed E-state index contributed by atoms with van der Waals surface area (Å²) in [5, 5.41) is 2.30. The molecule has 96 valence electrons. The fourth-order valence-corrected chi connectivity index (χ4v) is 2.46. The number of benzene rings is 2. The van der Waals surface area contributed by atoms with Crippen LogP contribution < -0.4 is 0 Å². The van der Waals surface area contributed by atoms with E-state index >= 15 is 0 Å². The molecule has 0 aliphatic carbocycles. The molecule has 1 aromatic heterocycles. The Balaban J connectivity index is 2.49. The number of fused-ring (bicyclic) bond motifs is 3. The number of alkyl halides is 3. The highest BCUT2D eigenvalue weighted by Gasteiger charge is 2.32. The molecule has 0 aliphatic rings. The van der Waals surface area contributed by atoms with Crippen LogP contribution in [0.25, 0.3) is 21.5 Å². The maximum atomic E-state index is 13.0. The lowest BCUT2D eigenvalue weighted by molar-refractivity contribution is -0.136. The average Bonchev–Trinajstić information content (AvgIpc) is 2.37. The van der Waals surface area contributed by atoms with Crippen LogP contribution in [0.3, 0.4) is 0 Å². The van der Waals surface area contributed by atoms with Crippen molar-refractivity contribution in [2.24, 2.45) is 0 Å². The maximum Gasteiger partial charge on any atom is 0.417 e. The third-order valence-electron chi connectivity index (χ3n) is 3.06. The summed E-state index contributed by atoms with van der Waals surface area (Å²) in [5.74, 6) is 0. The van der Waals surface area contributed by atoms with Crippen LogP contribution >= 0.6 is 11.6 Å². The van der Waals surface area contributed by atoms with Crippen molar-refractivity contribution in [3.05, 3.63) is 53.3 Å². The molecule has 0 saturated carbocycles. The lowest BCUT2D eigenvalue weighted by atomic mass is 9.99. The lowest BCUT2D eigenvalue weighted by Gasteiger charge is -2.12. The molecule has 0 atom stereocenters. The standard InChI is InChI=1S/C14H7ClF3N/c15-13-11-5-4-10-8(9(11)6-7-19-13)2-1-3-12(10)14(16,17)18/h1-7H. The highest BCUT2D eigenvalue weighted by Crippen LogP contribution is 2.37. The van der Waals surface area contributed by atoms with Crippen LogP contribution in [0.1, 0.15) is 5.56 Å². The Morgan fingerprint density at radius 2 is 1.53 bits per heavy atom. The topological polar surface area (TPSA) is 12.9 Å². The van der Waals surface area contributed by atoms with Gasteiger partial charge in [0.05, 0.1) is 5.56 Å². The summed E-state index contributed by atoms with van der Waals surface area (Å²) >= 11 is 5.95.